The quantitative estimate of drug-likeness (QED) is 0.208. The molecule has 4 heterocycles. The van der Waals surface area contributed by atoms with E-state index in [-0.39, 0.29) is 64.9 Å². The van der Waals surface area contributed by atoms with E-state index in [0.717, 1.165) is 25.5 Å². The molecule has 1 unspecified atom stereocenters. The number of rotatable bonds is 6. The van der Waals surface area contributed by atoms with Gasteiger partial charge in [-0.1, -0.05) is 35.9 Å². The fourth-order valence-electron chi connectivity index (χ4n) is 7.58. The van der Waals surface area contributed by atoms with Crippen LogP contribution in [0.3, 0.4) is 0 Å². The molecule has 0 saturated carbocycles. The maximum atomic E-state index is 16.8. The van der Waals surface area contributed by atoms with Gasteiger partial charge in [-0.15, -0.1) is 0 Å². The van der Waals surface area contributed by atoms with Crippen molar-refractivity contribution in [3.8, 4) is 17.1 Å². The second-order valence-corrected chi connectivity index (χ2v) is 13.2. The van der Waals surface area contributed by atoms with Gasteiger partial charge in [0.25, 0.3) is 5.91 Å². The number of fused-ring (bicyclic) bond motifs is 3. The molecule has 7 rings (SSSR count). The van der Waals surface area contributed by atoms with Crippen molar-refractivity contribution in [1.82, 2.24) is 19.8 Å². The molecule has 4 aromatic rings. The van der Waals surface area contributed by atoms with Crippen LogP contribution in [0.1, 0.15) is 33.1 Å². The zero-order valence-corrected chi connectivity index (χ0v) is 26.6. The van der Waals surface area contributed by atoms with Crippen LogP contribution < -0.4 is 9.64 Å². The van der Waals surface area contributed by atoms with Gasteiger partial charge in [0, 0.05) is 49.4 Å². The molecule has 1 aromatic heterocycles. The van der Waals surface area contributed by atoms with Gasteiger partial charge in [0.2, 0.25) is 0 Å². The average Bonchev–Trinajstić information content (AvgIpc) is 3.57. The lowest BCUT2D eigenvalue weighted by molar-refractivity contribution is -0.136. The summed E-state index contributed by atoms with van der Waals surface area (Å²) in [7, 11) is 0. The van der Waals surface area contributed by atoms with Crippen molar-refractivity contribution in [3.05, 3.63) is 58.9 Å². The fraction of sp³-hybridized carbons (Fsp3) is 0.441. The molecule has 4 atom stereocenters. The van der Waals surface area contributed by atoms with Gasteiger partial charge in [0.05, 0.1) is 16.1 Å². The molecule has 47 heavy (non-hydrogen) atoms. The summed E-state index contributed by atoms with van der Waals surface area (Å²) < 4.78 is 81.9. The molecule has 0 aliphatic carbocycles. The number of anilines is 1. The van der Waals surface area contributed by atoms with E-state index < -0.39 is 52.8 Å². The summed E-state index contributed by atoms with van der Waals surface area (Å²) in [5.41, 5.74) is -1.16. The van der Waals surface area contributed by atoms with E-state index in [1.807, 2.05) is 0 Å². The van der Waals surface area contributed by atoms with Crippen molar-refractivity contribution in [2.24, 2.45) is 0 Å². The number of carbonyl (C=O) groups is 1. The average molecular weight is 674 g/mol. The summed E-state index contributed by atoms with van der Waals surface area (Å²) in [6, 6.07) is 7.96. The van der Waals surface area contributed by atoms with E-state index in [0.29, 0.717) is 18.4 Å². The highest BCUT2D eigenvalue weighted by Gasteiger charge is 2.49. The molecule has 7 nitrogen and oxygen atoms in total. The normalized spacial score (nSPS) is 23.9. The summed E-state index contributed by atoms with van der Waals surface area (Å²) in [5.74, 6) is -3.14. The number of nitrogens with zero attached hydrogens (tertiary/aromatic N) is 5. The number of amides is 1. The third-order valence-corrected chi connectivity index (χ3v) is 10.2. The van der Waals surface area contributed by atoms with Gasteiger partial charge in [-0.25, -0.2) is 22.0 Å². The summed E-state index contributed by atoms with van der Waals surface area (Å²) in [4.78, 5) is 26.7. The lowest BCUT2D eigenvalue weighted by Crippen LogP contribution is -2.55. The Labute approximate surface area is 273 Å². The summed E-state index contributed by atoms with van der Waals surface area (Å²) in [6.45, 7) is 4.66. The largest absolute Gasteiger partial charge is 0.461 e. The molecular formula is C34H33ClF5N5O2. The van der Waals surface area contributed by atoms with Gasteiger partial charge in [-0.05, 0) is 56.3 Å². The molecule has 3 aliphatic rings. The molecule has 13 heteroatoms. The SMILES string of the molecule is CC(F)C(=O)N1CCN(c2nc(OC[C@@]34CCCN3C[C@H](F)C4)nc3c(F)c(-c4cccc5ccc(F)c(Cl)c45)c(F)cc23)[C@@H](C)C1. The molecule has 3 aliphatic heterocycles. The Morgan fingerprint density at radius 3 is 2.68 bits per heavy atom. The number of carbonyl (C=O) groups excluding carboxylic acids is 1. The maximum absolute atomic E-state index is 16.8. The zero-order chi connectivity index (χ0) is 33.2. The second kappa shape index (κ2) is 12.0. The number of ether oxygens (including phenoxy) is 1. The van der Waals surface area contributed by atoms with Crippen LogP contribution in [0.4, 0.5) is 27.8 Å². The number of halogens is 6. The standard InChI is InChI=1S/C34H33ClF5N5O2/c1-18-15-43(32(46)19(2)36)11-12-45(18)31-23-13-25(39)27(22-6-3-5-20-7-8-24(38)28(35)26(20)22)29(40)30(23)41-33(42-31)47-17-34-9-4-10-44(34)16-21(37)14-34/h3,5-8,13,18-19,21H,4,9-12,14-17H2,1-2H3/t18-,19?,21+,34-/m0/s1. The summed E-state index contributed by atoms with van der Waals surface area (Å²) >= 11 is 6.33. The van der Waals surface area contributed by atoms with Crippen LogP contribution in [0.2, 0.25) is 5.02 Å². The van der Waals surface area contributed by atoms with Gasteiger partial charge < -0.3 is 14.5 Å². The smallest absolute Gasteiger partial charge is 0.319 e. The van der Waals surface area contributed by atoms with Gasteiger partial charge in [0.1, 0.15) is 35.7 Å². The third-order valence-electron chi connectivity index (χ3n) is 9.83. The number of piperazine rings is 1. The van der Waals surface area contributed by atoms with Crippen LogP contribution >= 0.6 is 11.6 Å². The van der Waals surface area contributed by atoms with Crippen molar-refractivity contribution >= 4 is 45.0 Å². The van der Waals surface area contributed by atoms with E-state index in [1.165, 1.54) is 30.0 Å². The predicted molar refractivity (Wildman–Crippen MR) is 170 cm³/mol. The van der Waals surface area contributed by atoms with Crippen LogP contribution in [-0.2, 0) is 4.79 Å². The lowest BCUT2D eigenvalue weighted by atomic mass is 9.95. The number of benzene rings is 3. The molecule has 248 valence electrons. The van der Waals surface area contributed by atoms with Crippen molar-refractivity contribution in [3.63, 3.8) is 0 Å². The number of alkyl halides is 2. The summed E-state index contributed by atoms with van der Waals surface area (Å²) in [6.07, 6.45) is -0.728. The Kier molecular flexibility index (Phi) is 8.15. The Hall–Kier alpha value is -3.77. The topological polar surface area (TPSA) is 61.8 Å². The van der Waals surface area contributed by atoms with Crippen LogP contribution in [0, 0.1) is 17.5 Å². The molecule has 3 aromatic carbocycles. The van der Waals surface area contributed by atoms with Gasteiger partial charge in [-0.2, -0.15) is 9.97 Å². The molecule has 0 N–H and O–H groups in total. The van der Waals surface area contributed by atoms with Gasteiger partial charge in [0.15, 0.2) is 12.0 Å². The Bertz CT molecular complexity index is 1900. The Morgan fingerprint density at radius 2 is 1.91 bits per heavy atom. The van der Waals surface area contributed by atoms with E-state index in [9.17, 15) is 18.0 Å². The van der Waals surface area contributed by atoms with Crippen molar-refractivity contribution in [2.75, 3.05) is 44.2 Å². The highest BCUT2D eigenvalue weighted by atomic mass is 35.5. The monoisotopic (exact) mass is 673 g/mol. The van der Waals surface area contributed by atoms with Gasteiger partial charge in [-0.3, -0.25) is 9.69 Å². The molecule has 3 fully saturated rings. The fourth-order valence-corrected chi connectivity index (χ4v) is 7.85. The van der Waals surface area contributed by atoms with E-state index in [4.69, 9.17) is 16.3 Å². The van der Waals surface area contributed by atoms with Crippen LogP contribution in [-0.4, -0.2) is 88.9 Å². The van der Waals surface area contributed by atoms with Crippen molar-refractivity contribution in [1.29, 1.82) is 0 Å². The maximum Gasteiger partial charge on any atom is 0.319 e. The van der Waals surface area contributed by atoms with Crippen LogP contribution in [0.5, 0.6) is 6.01 Å². The highest BCUT2D eigenvalue weighted by molar-refractivity contribution is 6.37. The second-order valence-electron chi connectivity index (χ2n) is 12.8. The molecule has 0 spiro atoms. The Morgan fingerprint density at radius 1 is 1.11 bits per heavy atom. The van der Waals surface area contributed by atoms with E-state index in [1.54, 1.807) is 24.0 Å². The molecule has 0 radical (unpaired) electrons. The summed E-state index contributed by atoms with van der Waals surface area (Å²) in [5, 5.41) is 0.434. The van der Waals surface area contributed by atoms with Crippen molar-refractivity contribution < 1.29 is 31.5 Å². The van der Waals surface area contributed by atoms with E-state index >= 15 is 8.78 Å². The van der Waals surface area contributed by atoms with Crippen molar-refractivity contribution in [2.45, 2.75) is 57.0 Å². The molecular weight excluding hydrogens is 641 g/mol. The lowest BCUT2D eigenvalue weighted by Gasteiger charge is -2.41. The minimum Gasteiger partial charge on any atom is -0.461 e. The predicted octanol–water partition coefficient (Wildman–Crippen LogP) is 6.87. The molecule has 0 bridgehead atoms. The first-order valence-corrected chi connectivity index (χ1v) is 16.1. The minimum absolute atomic E-state index is 0.0489. The van der Waals surface area contributed by atoms with Gasteiger partial charge >= 0.3 is 6.01 Å². The zero-order valence-electron chi connectivity index (χ0n) is 25.9. The minimum atomic E-state index is -1.67. The number of hydrogen-bond acceptors (Lipinski definition) is 6. The van der Waals surface area contributed by atoms with Crippen LogP contribution in [0.25, 0.3) is 32.8 Å². The molecule has 1 amide bonds. The first-order chi connectivity index (χ1) is 22.5. The number of hydrogen-bond donors (Lipinski definition) is 0. The Balaban J connectivity index is 1.36. The molecule has 3 saturated heterocycles. The highest BCUT2D eigenvalue weighted by Crippen LogP contribution is 2.43. The first-order valence-electron chi connectivity index (χ1n) is 15.8. The van der Waals surface area contributed by atoms with E-state index in [2.05, 4.69) is 14.9 Å². The number of aromatic nitrogens is 2. The first kappa shape index (κ1) is 31.8. The third kappa shape index (κ3) is 5.43. The van der Waals surface area contributed by atoms with Crippen LogP contribution in [0.15, 0.2) is 36.4 Å².